The highest BCUT2D eigenvalue weighted by molar-refractivity contribution is 7.99. The van der Waals surface area contributed by atoms with Gasteiger partial charge in [-0.1, -0.05) is 25.6 Å². The van der Waals surface area contributed by atoms with Crippen LogP contribution in [-0.4, -0.2) is 31.3 Å². The molecule has 2 aromatic heterocycles. The van der Waals surface area contributed by atoms with Crippen molar-refractivity contribution in [1.29, 1.82) is 0 Å². The maximum Gasteiger partial charge on any atom is 0.191 e. The van der Waals surface area contributed by atoms with E-state index in [9.17, 15) is 9.18 Å². The van der Waals surface area contributed by atoms with Crippen LogP contribution in [0.3, 0.4) is 0 Å². The maximum absolute atomic E-state index is 13.0. The number of aromatic nitrogens is 4. The van der Waals surface area contributed by atoms with E-state index in [1.165, 1.54) is 36.0 Å². The summed E-state index contributed by atoms with van der Waals surface area (Å²) in [5.74, 6) is 0.927. The van der Waals surface area contributed by atoms with Crippen LogP contribution in [-0.2, 0) is 6.54 Å². The molecular formula is C19H19FN4OS. The molecule has 7 heteroatoms. The second-order valence-corrected chi connectivity index (χ2v) is 7.21. The first-order chi connectivity index (χ1) is 12.5. The second-order valence-electron chi connectivity index (χ2n) is 6.27. The van der Waals surface area contributed by atoms with Gasteiger partial charge < -0.3 is 4.57 Å². The number of carbonyl (C=O) groups excluding carboxylic acids is 1. The van der Waals surface area contributed by atoms with Crippen LogP contribution in [0.25, 0.3) is 11.4 Å². The minimum absolute atomic E-state index is 0.0722. The number of rotatable bonds is 7. The fourth-order valence-corrected chi connectivity index (χ4v) is 3.33. The number of carbonyl (C=O) groups is 1. The van der Waals surface area contributed by atoms with Gasteiger partial charge in [0.1, 0.15) is 5.82 Å². The van der Waals surface area contributed by atoms with Gasteiger partial charge in [0.25, 0.3) is 0 Å². The first-order valence-corrected chi connectivity index (χ1v) is 9.28. The molecule has 0 radical (unpaired) electrons. The van der Waals surface area contributed by atoms with Gasteiger partial charge in [0.2, 0.25) is 0 Å². The normalized spacial score (nSPS) is 11.1. The van der Waals surface area contributed by atoms with E-state index in [2.05, 4.69) is 29.0 Å². The molecule has 26 heavy (non-hydrogen) atoms. The van der Waals surface area contributed by atoms with Crippen molar-refractivity contribution in [3.05, 3.63) is 60.2 Å². The lowest BCUT2D eigenvalue weighted by atomic mass is 10.1. The van der Waals surface area contributed by atoms with E-state index in [0.29, 0.717) is 16.6 Å². The van der Waals surface area contributed by atoms with Crippen molar-refractivity contribution in [2.75, 3.05) is 5.75 Å². The Morgan fingerprint density at radius 1 is 1.19 bits per heavy atom. The van der Waals surface area contributed by atoms with E-state index in [1.54, 1.807) is 12.4 Å². The lowest BCUT2D eigenvalue weighted by Gasteiger charge is -2.12. The summed E-state index contributed by atoms with van der Waals surface area (Å²) in [6.45, 7) is 4.97. The Morgan fingerprint density at radius 2 is 1.96 bits per heavy atom. The molecule has 1 aromatic carbocycles. The number of Topliss-reactive ketones (excluding diaryl/α,β-unsaturated/α-hetero) is 1. The molecule has 0 saturated carbocycles. The van der Waals surface area contributed by atoms with Crippen molar-refractivity contribution in [3.63, 3.8) is 0 Å². The molecule has 0 fully saturated rings. The predicted octanol–water partition coefficient (Wildman–Crippen LogP) is 4.11. The first kappa shape index (κ1) is 18.3. The van der Waals surface area contributed by atoms with E-state index in [-0.39, 0.29) is 17.4 Å². The Balaban J connectivity index is 1.80. The molecule has 0 aliphatic rings. The van der Waals surface area contributed by atoms with Gasteiger partial charge in [0, 0.05) is 30.1 Å². The maximum atomic E-state index is 13.0. The largest absolute Gasteiger partial charge is 0.302 e. The van der Waals surface area contributed by atoms with Gasteiger partial charge in [-0.25, -0.2) is 4.39 Å². The Kier molecular flexibility index (Phi) is 5.78. The summed E-state index contributed by atoms with van der Waals surface area (Å²) < 4.78 is 15.0. The molecule has 3 aromatic rings. The van der Waals surface area contributed by atoms with Crippen LogP contribution >= 0.6 is 11.8 Å². The highest BCUT2D eigenvalue weighted by Gasteiger charge is 2.17. The molecule has 0 spiro atoms. The summed E-state index contributed by atoms with van der Waals surface area (Å²) in [4.78, 5) is 16.5. The quantitative estimate of drug-likeness (QED) is 0.463. The Morgan fingerprint density at radius 3 is 2.62 bits per heavy atom. The van der Waals surface area contributed by atoms with Crippen molar-refractivity contribution in [3.8, 4) is 11.4 Å². The van der Waals surface area contributed by atoms with Gasteiger partial charge in [0.15, 0.2) is 16.8 Å². The zero-order valence-corrected chi connectivity index (χ0v) is 15.4. The van der Waals surface area contributed by atoms with E-state index < -0.39 is 0 Å². The highest BCUT2D eigenvalue weighted by Crippen LogP contribution is 2.25. The van der Waals surface area contributed by atoms with Crippen molar-refractivity contribution in [2.24, 2.45) is 5.92 Å². The van der Waals surface area contributed by atoms with Crippen LogP contribution in [0.15, 0.2) is 53.9 Å². The molecule has 0 saturated heterocycles. The van der Waals surface area contributed by atoms with E-state index in [1.807, 2.05) is 16.7 Å². The number of nitrogens with zero attached hydrogens (tertiary/aromatic N) is 4. The van der Waals surface area contributed by atoms with Crippen LogP contribution in [0.5, 0.6) is 0 Å². The molecule has 0 aliphatic heterocycles. The average molecular weight is 370 g/mol. The number of pyridine rings is 1. The summed E-state index contributed by atoms with van der Waals surface area (Å²) in [5.41, 5.74) is 1.37. The second kappa shape index (κ2) is 8.23. The summed E-state index contributed by atoms with van der Waals surface area (Å²) >= 11 is 1.34. The predicted molar refractivity (Wildman–Crippen MR) is 99.5 cm³/mol. The average Bonchev–Trinajstić information content (AvgIpc) is 3.03. The minimum Gasteiger partial charge on any atom is -0.302 e. The molecular weight excluding hydrogens is 351 g/mol. The SMILES string of the molecule is CC(C)Cn1c(SCC(=O)c2ccc(F)cc2)nnc1-c1cccnc1. The Hall–Kier alpha value is -2.54. The van der Waals surface area contributed by atoms with Gasteiger partial charge in [-0.15, -0.1) is 10.2 Å². The van der Waals surface area contributed by atoms with Crippen LogP contribution in [0, 0.1) is 11.7 Å². The van der Waals surface area contributed by atoms with Gasteiger partial charge in [-0.3, -0.25) is 9.78 Å². The number of halogens is 1. The van der Waals surface area contributed by atoms with E-state index >= 15 is 0 Å². The number of hydrogen-bond donors (Lipinski definition) is 0. The molecule has 0 amide bonds. The lowest BCUT2D eigenvalue weighted by molar-refractivity contribution is 0.102. The lowest BCUT2D eigenvalue weighted by Crippen LogP contribution is -2.09. The van der Waals surface area contributed by atoms with Crippen LogP contribution in [0.2, 0.25) is 0 Å². The van der Waals surface area contributed by atoms with Crippen LogP contribution < -0.4 is 0 Å². The van der Waals surface area contributed by atoms with Crippen molar-refractivity contribution in [1.82, 2.24) is 19.7 Å². The smallest absolute Gasteiger partial charge is 0.191 e. The standard InChI is InChI=1S/C19H19FN4OS/c1-13(2)11-24-18(15-4-3-9-21-10-15)22-23-19(24)26-12-17(25)14-5-7-16(20)8-6-14/h3-10,13H,11-12H2,1-2H3. The molecule has 0 bridgehead atoms. The third-order valence-corrected chi connectivity index (χ3v) is 4.65. The zero-order valence-electron chi connectivity index (χ0n) is 14.6. The van der Waals surface area contributed by atoms with Gasteiger partial charge in [-0.2, -0.15) is 0 Å². The highest BCUT2D eigenvalue weighted by atomic mass is 32.2. The Bertz CT molecular complexity index is 878. The van der Waals surface area contributed by atoms with Gasteiger partial charge >= 0.3 is 0 Å². The summed E-state index contributed by atoms with van der Waals surface area (Å²) in [6, 6.07) is 9.37. The third kappa shape index (κ3) is 4.35. The minimum atomic E-state index is -0.355. The number of thioether (sulfide) groups is 1. The molecule has 0 aliphatic carbocycles. The zero-order chi connectivity index (χ0) is 18.5. The van der Waals surface area contributed by atoms with Crippen molar-refractivity contribution < 1.29 is 9.18 Å². The van der Waals surface area contributed by atoms with Crippen molar-refractivity contribution >= 4 is 17.5 Å². The van der Waals surface area contributed by atoms with Crippen LogP contribution in [0.1, 0.15) is 24.2 Å². The summed E-state index contributed by atoms with van der Waals surface area (Å²) in [7, 11) is 0. The summed E-state index contributed by atoms with van der Waals surface area (Å²) in [5, 5.41) is 9.24. The molecule has 3 rings (SSSR count). The van der Waals surface area contributed by atoms with Gasteiger partial charge in [-0.05, 0) is 42.3 Å². The van der Waals surface area contributed by atoms with Gasteiger partial charge in [0.05, 0.1) is 5.75 Å². The summed E-state index contributed by atoms with van der Waals surface area (Å²) in [6.07, 6.45) is 3.46. The van der Waals surface area contributed by atoms with E-state index in [4.69, 9.17) is 0 Å². The fourth-order valence-electron chi connectivity index (χ4n) is 2.48. The Labute approximate surface area is 155 Å². The monoisotopic (exact) mass is 370 g/mol. The first-order valence-electron chi connectivity index (χ1n) is 8.29. The number of ketones is 1. The molecule has 2 heterocycles. The van der Waals surface area contributed by atoms with Crippen molar-refractivity contribution in [2.45, 2.75) is 25.5 Å². The topological polar surface area (TPSA) is 60.7 Å². The van der Waals surface area contributed by atoms with Crippen LogP contribution in [0.4, 0.5) is 4.39 Å². The molecule has 0 unspecified atom stereocenters. The molecule has 0 N–H and O–H groups in total. The molecule has 0 atom stereocenters. The van der Waals surface area contributed by atoms with E-state index in [0.717, 1.165) is 17.9 Å². The number of hydrogen-bond acceptors (Lipinski definition) is 5. The molecule has 134 valence electrons. The molecule has 5 nitrogen and oxygen atoms in total. The number of benzene rings is 1. The third-order valence-electron chi connectivity index (χ3n) is 3.68. The fraction of sp³-hybridized carbons (Fsp3) is 0.263.